The number of morpholine rings is 1. The quantitative estimate of drug-likeness (QED) is 0.796. The van der Waals surface area contributed by atoms with Crippen LogP contribution >= 0.6 is 0 Å². The second kappa shape index (κ2) is 6.34. The van der Waals surface area contributed by atoms with Crippen LogP contribution in [0.5, 0.6) is 0 Å². The average molecular weight is 237 g/mol. The van der Waals surface area contributed by atoms with E-state index in [1.54, 1.807) is 0 Å². The molecular formula is C13H23N3O. The van der Waals surface area contributed by atoms with Crippen molar-refractivity contribution in [2.75, 3.05) is 39.4 Å². The van der Waals surface area contributed by atoms with Crippen LogP contribution in [-0.4, -0.2) is 49.8 Å². The van der Waals surface area contributed by atoms with E-state index < -0.39 is 0 Å². The summed E-state index contributed by atoms with van der Waals surface area (Å²) in [5.41, 5.74) is -0.232. The highest BCUT2D eigenvalue weighted by molar-refractivity contribution is 5.08. The summed E-state index contributed by atoms with van der Waals surface area (Å²) >= 11 is 0. The molecule has 1 saturated carbocycles. The molecule has 0 spiro atoms. The van der Waals surface area contributed by atoms with Crippen molar-refractivity contribution in [1.29, 1.82) is 5.26 Å². The predicted molar refractivity (Wildman–Crippen MR) is 66.7 cm³/mol. The van der Waals surface area contributed by atoms with E-state index in [1.807, 2.05) is 0 Å². The molecule has 4 nitrogen and oxygen atoms in total. The molecule has 0 unspecified atom stereocenters. The van der Waals surface area contributed by atoms with E-state index in [-0.39, 0.29) is 5.54 Å². The zero-order valence-electron chi connectivity index (χ0n) is 10.6. The van der Waals surface area contributed by atoms with E-state index in [0.29, 0.717) is 0 Å². The average Bonchev–Trinajstić information content (AvgIpc) is 2.41. The lowest BCUT2D eigenvalue weighted by Crippen LogP contribution is -2.49. The topological polar surface area (TPSA) is 48.3 Å². The number of ether oxygens (including phenoxy) is 1. The fraction of sp³-hybridized carbons (Fsp3) is 0.923. The minimum absolute atomic E-state index is 0.232. The van der Waals surface area contributed by atoms with Gasteiger partial charge in [-0.05, 0) is 12.8 Å². The summed E-state index contributed by atoms with van der Waals surface area (Å²) in [4.78, 5) is 2.41. The van der Waals surface area contributed by atoms with E-state index in [2.05, 4.69) is 16.3 Å². The third-order valence-corrected chi connectivity index (χ3v) is 3.92. The predicted octanol–water partition coefficient (Wildman–Crippen LogP) is 1.13. The molecule has 4 heteroatoms. The molecule has 0 amide bonds. The number of nitriles is 1. The van der Waals surface area contributed by atoms with Crippen molar-refractivity contribution in [2.24, 2.45) is 0 Å². The van der Waals surface area contributed by atoms with Crippen molar-refractivity contribution < 1.29 is 4.74 Å². The SMILES string of the molecule is N#CC1(NCCN2CCOCC2)CCCCC1. The second-order valence-corrected chi connectivity index (χ2v) is 5.14. The maximum atomic E-state index is 9.33. The van der Waals surface area contributed by atoms with Gasteiger partial charge in [0.05, 0.1) is 19.3 Å². The molecule has 1 saturated heterocycles. The van der Waals surface area contributed by atoms with Crippen molar-refractivity contribution in [3.8, 4) is 6.07 Å². The summed E-state index contributed by atoms with van der Waals surface area (Å²) in [6.07, 6.45) is 5.71. The Kier molecular flexibility index (Phi) is 4.78. The van der Waals surface area contributed by atoms with Crippen LogP contribution in [0.2, 0.25) is 0 Å². The van der Waals surface area contributed by atoms with Crippen molar-refractivity contribution >= 4 is 0 Å². The van der Waals surface area contributed by atoms with Crippen LogP contribution in [0.3, 0.4) is 0 Å². The minimum Gasteiger partial charge on any atom is -0.379 e. The molecule has 0 atom stereocenters. The van der Waals surface area contributed by atoms with Crippen molar-refractivity contribution in [1.82, 2.24) is 10.2 Å². The van der Waals surface area contributed by atoms with Crippen LogP contribution in [0.1, 0.15) is 32.1 Å². The Morgan fingerprint density at radius 1 is 1.18 bits per heavy atom. The van der Waals surface area contributed by atoms with Gasteiger partial charge < -0.3 is 4.74 Å². The first-order valence-electron chi connectivity index (χ1n) is 6.81. The van der Waals surface area contributed by atoms with Crippen LogP contribution in [0.15, 0.2) is 0 Å². The highest BCUT2D eigenvalue weighted by Gasteiger charge is 2.31. The molecule has 96 valence electrons. The summed E-state index contributed by atoms with van der Waals surface area (Å²) in [5.74, 6) is 0. The van der Waals surface area contributed by atoms with Crippen molar-refractivity contribution in [3.63, 3.8) is 0 Å². The van der Waals surface area contributed by atoms with Gasteiger partial charge in [-0.25, -0.2) is 0 Å². The smallest absolute Gasteiger partial charge is 0.106 e. The molecular weight excluding hydrogens is 214 g/mol. The van der Waals surface area contributed by atoms with Crippen LogP contribution in [-0.2, 0) is 4.74 Å². The van der Waals surface area contributed by atoms with E-state index in [4.69, 9.17) is 4.74 Å². The molecule has 2 fully saturated rings. The van der Waals surface area contributed by atoms with Gasteiger partial charge in [-0.2, -0.15) is 5.26 Å². The number of nitrogens with one attached hydrogen (secondary N) is 1. The summed E-state index contributed by atoms with van der Waals surface area (Å²) in [5, 5.41) is 12.8. The van der Waals surface area contributed by atoms with Gasteiger partial charge in [0.25, 0.3) is 0 Å². The van der Waals surface area contributed by atoms with Gasteiger partial charge in [0.1, 0.15) is 5.54 Å². The molecule has 2 aliphatic rings. The molecule has 0 aromatic carbocycles. The second-order valence-electron chi connectivity index (χ2n) is 5.14. The van der Waals surface area contributed by atoms with Gasteiger partial charge in [-0.15, -0.1) is 0 Å². The molecule has 1 aliphatic carbocycles. The third-order valence-electron chi connectivity index (χ3n) is 3.92. The molecule has 0 radical (unpaired) electrons. The van der Waals surface area contributed by atoms with Crippen molar-refractivity contribution in [3.05, 3.63) is 0 Å². The van der Waals surface area contributed by atoms with Gasteiger partial charge in [0, 0.05) is 26.2 Å². The summed E-state index contributed by atoms with van der Waals surface area (Å²) in [6.45, 7) is 5.72. The monoisotopic (exact) mass is 237 g/mol. The fourth-order valence-corrected chi connectivity index (χ4v) is 2.76. The van der Waals surface area contributed by atoms with E-state index in [0.717, 1.165) is 52.2 Å². The lowest BCUT2D eigenvalue weighted by Gasteiger charge is -2.33. The zero-order chi connectivity index (χ0) is 12.0. The molecule has 2 rings (SSSR count). The van der Waals surface area contributed by atoms with Gasteiger partial charge in [0.15, 0.2) is 0 Å². The Labute approximate surface area is 104 Å². The van der Waals surface area contributed by atoms with Crippen LogP contribution in [0.25, 0.3) is 0 Å². The maximum absolute atomic E-state index is 9.33. The number of hydrogen-bond donors (Lipinski definition) is 1. The standard InChI is InChI=1S/C13H23N3O/c14-12-13(4-2-1-3-5-13)15-6-7-16-8-10-17-11-9-16/h15H,1-11H2. The highest BCUT2D eigenvalue weighted by Crippen LogP contribution is 2.27. The van der Waals surface area contributed by atoms with Crippen LogP contribution < -0.4 is 5.32 Å². The Bertz CT molecular complexity index is 262. The van der Waals surface area contributed by atoms with Crippen molar-refractivity contribution in [2.45, 2.75) is 37.6 Å². The molecule has 1 heterocycles. The van der Waals surface area contributed by atoms with E-state index >= 15 is 0 Å². The lowest BCUT2D eigenvalue weighted by atomic mass is 9.83. The molecule has 0 aromatic rings. The van der Waals surface area contributed by atoms with Gasteiger partial charge in [-0.3, -0.25) is 10.2 Å². The third kappa shape index (κ3) is 3.67. The molecule has 1 N–H and O–H groups in total. The van der Waals surface area contributed by atoms with Gasteiger partial charge in [0.2, 0.25) is 0 Å². The summed E-state index contributed by atoms with van der Waals surface area (Å²) < 4.78 is 5.32. The van der Waals surface area contributed by atoms with Crippen LogP contribution in [0.4, 0.5) is 0 Å². The first-order valence-corrected chi connectivity index (χ1v) is 6.81. The zero-order valence-corrected chi connectivity index (χ0v) is 10.6. The minimum atomic E-state index is -0.232. The fourth-order valence-electron chi connectivity index (χ4n) is 2.76. The Morgan fingerprint density at radius 3 is 2.53 bits per heavy atom. The molecule has 17 heavy (non-hydrogen) atoms. The first kappa shape index (κ1) is 12.8. The Balaban J connectivity index is 1.70. The van der Waals surface area contributed by atoms with E-state index in [1.165, 1.54) is 19.3 Å². The van der Waals surface area contributed by atoms with Crippen LogP contribution in [0, 0.1) is 11.3 Å². The summed E-state index contributed by atoms with van der Waals surface area (Å²) in [7, 11) is 0. The Hall–Kier alpha value is -0.630. The van der Waals surface area contributed by atoms with Gasteiger partial charge in [-0.1, -0.05) is 19.3 Å². The van der Waals surface area contributed by atoms with E-state index in [9.17, 15) is 5.26 Å². The highest BCUT2D eigenvalue weighted by atomic mass is 16.5. The maximum Gasteiger partial charge on any atom is 0.106 e. The number of hydrogen-bond acceptors (Lipinski definition) is 4. The van der Waals surface area contributed by atoms with Gasteiger partial charge >= 0.3 is 0 Å². The first-order chi connectivity index (χ1) is 8.35. The molecule has 1 aliphatic heterocycles. The summed E-state index contributed by atoms with van der Waals surface area (Å²) in [6, 6.07) is 2.50. The molecule has 0 bridgehead atoms. The normalized spacial score (nSPS) is 25.4. The molecule has 0 aromatic heterocycles. The lowest BCUT2D eigenvalue weighted by molar-refractivity contribution is 0.0375. The number of nitrogens with zero attached hydrogens (tertiary/aromatic N) is 2. The number of rotatable bonds is 4. The Morgan fingerprint density at radius 2 is 1.88 bits per heavy atom. The largest absolute Gasteiger partial charge is 0.379 e.